The van der Waals surface area contributed by atoms with E-state index in [-0.39, 0.29) is 24.4 Å². The molecule has 0 heterocycles. The van der Waals surface area contributed by atoms with Crippen LogP contribution in [0.5, 0.6) is 0 Å². The van der Waals surface area contributed by atoms with Crippen molar-refractivity contribution in [2.24, 2.45) is 16.7 Å². The predicted molar refractivity (Wildman–Crippen MR) is 110 cm³/mol. The van der Waals surface area contributed by atoms with Crippen LogP contribution in [0, 0.1) is 10.8 Å². The minimum Gasteiger partial charge on any atom is -0.508 e. The third kappa shape index (κ3) is 5.31. The summed E-state index contributed by atoms with van der Waals surface area (Å²) in [6.45, 7) is 4.17. The number of aliphatic hydroxyl groups excluding tert-OH is 1. The van der Waals surface area contributed by atoms with Gasteiger partial charge in [0.1, 0.15) is 11.2 Å². The number of aliphatic hydroxyl groups is 1. The van der Waals surface area contributed by atoms with Crippen LogP contribution in [0.3, 0.4) is 0 Å². The third-order valence-corrected chi connectivity index (χ3v) is 5.67. The van der Waals surface area contributed by atoms with Crippen LogP contribution in [0.25, 0.3) is 0 Å². The van der Waals surface area contributed by atoms with Crippen molar-refractivity contribution >= 4 is 18.0 Å². The van der Waals surface area contributed by atoms with Gasteiger partial charge in [0.15, 0.2) is 5.78 Å². The zero-order chi connectivity index (χ0) is 21.0. The van der Waals surface area contributed by atoms with Gasteiger partial charge < -0.3 is 5.11 Å². The molecule has 1 radical (unpaired) electrons. The van der Waals surface area contributed by atoms with E-state index in [1.165, 1.54) is 24.6 Å². The van der Waals surface area contributed by atoms with Crippen LogP contribution in [-0.2, 0) is 14.4 Å². The highest BCUT2D eigenvalue weighted by Crippen LogP contribution is 2.49. The first-order chi connectivity index (χ1) is 13.4. The summed E-state index contributed by atoms with van der Waals surface area (Å²) in [5, 5.41) is 10.1. The first kappa shape index (κ1) is 24.1. The summed E-state index contributed by atoms with van der Waals surface area (Å²) in [6.07, 6.45) is 14.6. The Kier molecular flexibility index (Phi) is 10.1. The number of hydrogen-bond donors (Lipinski definition) is 3. The molecule has 1 rings (SSSR count). The van der Waals surface area contributed by atoms with Gasteiger partial charge in [-0.15, -0.1) is 0 Å². The summed E-state index contributed by atoms with van der Waals surface area (Å²) in [5.74, 6) is 4.25. The molecule has 6 heteroatoms. The van der Waals surface area contributed by atoms with Crippen LogP contribution in [0.2, 0.25) is 0 Å². The molecule has 1 aliphatic carbocycles. The Bertz CT molecular complexity index is 599. The molecule has 0 aliphatic heterocycles. The summed E-state index contributed by atoms with van der Waals surface area (Å²) in [6, 6.07) is 0. The average Bonchev–Trinajstić information content (AvgIpc) is 2.70. The van der Waals surface area contributed by atoms with E-state index in [1.807, 2.05) is 13.2 Å². The molecule has 0 spiro atoms. The molecule has 0 bridgehead atoms. The fraction of sp³-hybridized carbons (Fsp3) is 0.682. The molecule has 0 aromatic heterocycles. The molecular weight excluding hydrogens is 356 g/mol. The van der Waals surface area contributed by atoms with Gasteiger partial charge in [-0.3, -0.25) is 19.8 Å². The fourth-order valence-corrected chi connectivity index (χ4v) is 3.97. The lowest BCUT2D eigenvalue weighted by atomic mass is 9.56. The van der Waals surface area contributed by atoms with Gasteiger partial charge in [0.25, 0.3) is 0 Å². The smallest absolute Gasteiger partial charge is 0.245 e. The molecule has 0 aromatic carbocycles. The topological polar surface area (TPSA) is 109 Å². The Hall–Kier alpha value is -1.95. The number of unbranched alkanes of at least 4 members (excludes halogenated alkanes) is 7. The van der Waals surface area contributed by atoms with Gasteiger partial charge in [-0.25, -0.2) is 5.84 Å². The second-order valence-corrected chi connectivity index (χ2v) is 7.66. The van der Waals surface area contributed by atoms with Crippen LogP contribution < -0.4 is 11.3 Å². The van der Waals surface area contributed by atoms with Gasteiger partial charge in [0, 0.05) is 6.42 Å². The molecule has 28 heavy (non-hydrogen) atoms. The van der Waals surface area contributed by atoms with Crippen molar-refractivity contribution in [2.45, 2.75) is 84.5 Å². The van der Waals surface area contributed by atoms with E-state index in [9.17, 15) is 19.5 Å². The van der Waals surface area contributed by atoms with Crippen molar-refractivity contribution in [1.82, 2.24) is 5.43 Å². The van der Waals surface area contributed by atoms with Crippen molar-refractivity contribution < 1.29 is 19.5 Å². The molecular formula is C22H35N2O4. The Labute approximate surface area is 168 Å². The maximum absolute atomic E-state index is 13.2. The van der Waals surface area contributed by atoms with E-state index in [1.54, 1.807) is 0 Å². The summed E-state index contributed by atoms with van der Waals surface area (Å²) < 4.78 is 0. The minimum absolute atomic E-state index is 0.154. The molecule has 1 amide bonds. The largest absolute Gasteiger partial charge is 0.508 e. The normalized spacial score (nSPS) is 23.9. The van der Waals surface area contributed by atoms with E-state index in [0.717, 1.165) is 38.5 Å². The molecule has 1 aliphatic rings. The van der Waals surface area contributed by atoms with Gasteiger partial charge in [0.05, 0.1) is 5.41 Å². The van der Waals surface area contributed by atoms with Gasteiger partial charge in [0.2, 0.25) is 12.2 Å². The standard InChI is InChI=1S/C22H35N2O4/c1-3-5-7-8-9-10-12-19(27)22(17-25)15-13-18(26)16-21(22,20(28)24-23)14-11-6-4-2/h13,15-16,26H,3-12,14,23H2,1-2H3,(H,24,28). The Balaban J connectivity index is 3.10. The van der Waals surface area contributed by atoms with E-state index in [4.69, 9.17) is 5.84 Å². The molecule has 0 saturated carbocycles. The number of allylic oxidation sites excluding steroid dienone is 2. The molecule has 157 valence electrons. The summed E-state index contributed by atoms with van der Waals surface area (Å²) in [7, 11) is 0. The number of nitrogens with two attached hydrogens (primary N) is 1. The Morgan fingerprint density at radius 3 is 2.29 bits per heavy atom. The second kappa shape index (κ2) is 11.8. The van der Waals surface area contributed by atoms with Crippen molar-refractivity contribution in [1.29, 1.82) is 0 Å². The molecule has 0 aromatic rings. The quantitative estimate of drug-likeness (QED) is 0.136. The first-order valence-electron chi connectivity index (χ1n) is 10.5. The second-order valence-electron chi connectivity index (χ2n) is 7.66. The number of hydrazine groups is 1. The highest BCUT2D eigenvalue weighted by Gasteiger charge is 2.59. The van der Waals surface area contributed by atoms with Crippen molar-refractivity contribution in [3.63, 3.8) is 0 Å². The van der Waals surface area contributed by atoms with Crippen molar-refractivity contribution in [3.8, 4) is 0 Å². The van der Waals surface area contributed by atoms with Crippen LogP contribution in [0.1, 0.15) is 84.5 Å². The van der Waals surface area contributed by atoms with Gasteiger partial charge >= 0.3 is 0 Å². The third-order valence-electron chi connectivity index (χ3n) is 5.67. The molecule has 0 fully saturated rings. The number of rotatable bonds is 14. The first-order valence-corrected chi connectivity index (χ1v) is 10.5. The van der Waals surface area contributed by atoms with E-state index < -0.39 is 16.7 Å². The maximum Gasteiger partial charge on any atom is 0.245 e. The monoisotopic (exact) mass is 391 g/mol. The number of amides is 1. The zero-order valence-electron chi connectivity index (χ0n) is 17.3. The number of nitrogens with one attached hydrogen (secondary N) is 1. The average molecular weight is 392 g/mol. The van der Waals surface area contributed by atoms with Gasteiger partial charge in [-0.2, -0.15) is 0 Å². The van der Waals surface area contributed by atoms with Gasteiger partial charge in [-0.05, 0) is 25.0 Å². The SMILES string of the molecule is CCCCCCCCC(=O)C1([C]=O)C=CC(O)=CC1(CCCCC)C(=O)NN. The highest BCUT2D eigenvalue weighted by molar-refractivity contribution is 6.08. The summed E-state index contributed by atoms with van der Waals surface area (Å²) in [4.78, 5) is 38.1. The lowest BCUT2D eigenvalue weighted by Gasteiger charge is -2.42. The van der Waals surface area contributed by atoms with Crippen LogP contribution >= 0.6 is 0 Å². The summed E-state index contributed by atoms with van der Waals surface area (Å²) in [5.41, 5.74) is -1.23. The molecule has 2 unspecified atom stereocenters. The number of carbonyl (C=O) groups is 2. The Morgan fingerprint density at radius 2 is 1.68 bits per heavy atom. The molecule has 0 saturated heterocycles. The summed E-state index contributed by atoms with van der Waals surface area (Å²) >= 11 is 0. The predicted octanol–water partition coefficient (Wildman–Crippen LogP) is 3.97. The molecule has 4 N–H and O–H groups in total. The van der Waals surface area contributed by atoms with Crippen LogP contribution in [-0.4, -0.2) is 23.1 Å². The number of hydrogen-bond acceptors (Lipinski definition) is 5. The molecule has 2 atom stereocenters. The minimum atomic E-state index is -1.76. The van der Waals surface area contributed by atoms with E-state index in [2.05, 4.69) is 12.3 Å². The van der Waals surface area contributed by atoms with E-state index in [0.29, 0.717) is 12.8 Å². The van der Waals surface area contributed by atoms with Crippen LogP contribution in [0.15, 0.2) is 24.0 Å². The lowest BCUT2D eigenvalue weighted by molar-refractivity contribution is -0.140. The number of ketones is 1. The van der Waals surface area contributed by atoms with Gasteiger partial charge in [-0.1, -0.05) is 71.3 Å². The highest BCUT2D eigenvalue weighted by atomic mass is 16.3. The van der Waals surface area contributed by atoms with Crippen molar-refractivity contribution in [2.75, 3.05) is 0 Å². The fourth-order valence-electron chi connectivity index (χ4n) is 3.97. The number of Topliss-reactive ketones (excluding diaryl/α,β-unsaturated/α-hetero) is 1. The molecule has 6 nitrogen and oxygen atoms in total. The Morgan fingerprint density at radius 1 is 1.07 bits per heavy atom. The lowest BCUT2D eigenvalue weighted by Crippen LogP contribution is -2.57. The maximum atomic E-state index is 13.2. The van der Waals surface area contributed by atoms with Crippen molar-refractivity contribution in [3.05, 3.63) is 24.0 Å². The van der Waals surface area contributed by atoms with Crippen LogP contribution in [0.4, 0.5) is 0 Å². The zero-order valence-corrected chi connectivity index (χ0v) is 17.3. The number of carbonyl (C=O) groups excluding carboxylic acids is 3. The van der Waals surface area contributed by atoms with E-state index >= 15 is 0 Å².